The van der Waals surface area contributed by atoms with E-state index in [-0.39, 0.29) is 5.84 Å². The minimum Gasteiger partial charge on any atom is -0.387 e. The Bertz CT molecular complexity index is 303. The van der Waals surface area contributed by atoms with E-state index < -0.39 is 0 Å². The first-order valence-corrected chi connectivity index (χ1v) is 3.98. The van der Waals surface area contributed by atoms with Gasteiger partial charge in [-0.3, -0.25) is 5.41 Å². The summed E-state index contributed by atoms with van der Waals surface area (Å²) in [7, 11) is 0. The predicted octanol–water partition coefficient (Wildman–Crippen LogP) is 1.78. The minimum absolute atomic E-state index is 0.224. The number of rotatable bonds is 2. The van der Waals surface area contributed by atoms with Gasteiger partial charge in [-0.05, 0) is 25.0 Å². The van der Waals surface area contributed by atoms with E-state index >= 15 is 0 Å². The Morgan fingerprint density at radius 2 is 2.08 bits per heavy atom. The summed E-state index contributed by atoms with van der Waals surface area (Å²) in [6.07, 6.45) is 0.562. The van der Waals surface area contributed by atoms with Crippen molar-refractivity contribution in [2.45, 2.75) is 20.3 Å². The highest BCUT2D eigenvalue weighted by Gasteiger charge is 1.99. The molecule has 0 spiro atoms. The lowest BCUT2D eigenvalue weighted by molar-refractivity contribution is 1.19. The van der Waals surface area contributed by atoms with Crippen molar-refractivity contribution >= 4 is 5.84 Å². The van der Waals surface area contributed by atoms with Crippen LogP contribution in [-0.4, -0.2) is 5.84 Å². The van der Waals surface area contributed by atoms with E-state index in [2.05, 4.69) is 13.0 Å². The molecule has 0 saturated heterocycles. The highest BCUT2D eigenvalue weighted by molar-refractivity contribution is 5.79. The van der Waals surface area contributed by atoms with E-state index in [1.165, 1.54) is 11.1 Å². The van der Waals surface area contributed by atoms with Crippen molar-refractivity contribution in [2.75, 3.05) is 0 Å². The maximum atomic E-state index is 7.16. The molecule has 0 saturated carbocycles. The zero-order chi connectivity index (χ0) is 9.14. The van der Waals surface area contributed by atoms with Crippen molar-refractivity contribution in [2.24, 2.45) is 5.73 Å². The third kappa shape index (κ3) is 2.09. The lowest BCUT2D eigenvalue weighted by Gasteiger charge is -2.04. The molecule has 1 aromatic rings. The zero-order valence-electron chi connectivity index (χ0n) is 7.52. The molecule has 0 amide bonds. The van der Waals surface area contributed by atoms with Gasteiger partial charge in [-0.1, -0.05) is 23.8 Å². The van der Waals surface area contributed by atoms with Crippen molar-refractivity contribution in [3.05, 3.63) is 34.9 Å². The van der Waals surface area contributed by atoms with Crippen molar-refractivity contribution in [3.8, 4) is 0 Å². The predicted molar refractivity (Wildman–Crippen MR) is 51.5 cm³/mol. The molecule has 0 bridgehead atoms. The van der Waals surface area contributed by atoms with Crippen LogP contribution >= 0.6 is 0 Å². The third-order valence-electron chi connectivity index (χ3n) is 1.88. The van der Waals surface area contributed by atoms with Gasteiger partial charge in [-0.25, -0.2) is 0 Å². The molecule has 0 radical (unpaired) electrons. The molecular weight excluding hydrogens is 148 g/mol. The molecule has 0 aromatic heterocycles. The molecule has 2 nitrogen and oxygen atoms in total. The molecule has 3 N–H and O–H groups in total. The van der Waals surface area contributed by atoms with E-state index in [0.29, 0.717) is 6.42 Å². The Morgan fingerprint density at radius 1 is 1.42 bits per heavy atom. The van der Waals surface area contributed by atoms with Gasteiger partial charge in [0, 0.05) is 6.42 Å². The number of hydrogen-bond acceptors (Lipinski definition) is 1. The van der Waals surface area contributed by atoms with Crippen LogP contribution in [0, 0.1) is 19.3 Å². The quantitative estimate of drug-likeness (QED) is 0.505. The number of nitrogens with two attached hydrogens (primary N) is 1. The highest BCUT2D eigenvalue weighted by Crippen LogP contribution is 2.10. The normalized spacial score (nSPS) is 9.83. The molecule has 0 aliphatic carbocycles. The summed E-state index contributed by atoms with van der Waals surface area (Å²) in [5.74, 6) is 0.224. The number of nitrogens with one attached hydrogen (secondary N) is 1. The average molecular weight is 162 g/mol. The van der Waals surface area contributed by atoms with Crippen LogP contribution in [0.4, 0.5) is 0 Å². The highest BCUT2D eigenvalue weighted by atomic mass is 14.7. The monoisotopic (exact) mass is 162 g/mol. The molecule has 1 aromatic carbocycles. The SMILES string of the molecule is Cc1ccc(CC(=N)N)c(C)c1. The van der Waals surface area contributed by atoms with Crippen molar-refractivity contribution in [1.29, 1.82) is 5.41 Å². The van der Waals surface area contributed by atoms with Gasteiger partial charge >= 0.3 is 0 Å². The standard InChI is InChI=1S/C10H14N2/c1-7-3-4-9(6-10(11)12)8(2)5-7/h3-5H,6H2,1-2H3,(H3,11,12). The topological polar surface area (TPSA) is 49.9 Å². The molecule has 64 valence electrons. The molecule has 0 aliphatic heterocycles. The van der Waals surface area contributed by atoms with Crippen LogP contribution in [0.5, 0.6) is 0 Å². The number of benzene rings is 1. The van der Waals surface area contributed by atoms with Gasteiger partial charge in [-0.15, -0.1) is 0 Å². The maximum absolute atomic E-state index is 7.16. The summed E-state index contributed by atoms with van der Waals surface area (Å²) in [6, 6.07) is 6.19. The first-order valence-electron chi connectivity index (χ1n) is 3.98. The second-order valence-electron chi connectivity index (χ2n) is 3.13. The maximum Gasteiger partial charge on any atom is 0.0950 e. The van der Waals surface area contributed by atoms with Crippen molar-refractivity contribution in [1.82, 2.24) is 0 Å². The van der Waals surface area contributed by atoms with Crippen LogP contribution in [0.15, 0.2) is 18.2 Å². The Hall–Kier alpha value is -1.31. The lowest BCUT2D eigenvalue weighted by Crippen LogP contribution is -2.13. The zero-order valence-corrected chi connectivity index (χ0v) is 7.52. The van der Waals surface area contributed by atoms with Gasteiger partial charge < -0.3 is 5.73 Å². The summed E-state index contributed by atoms with van der Waals surface area (Å²) < 4.78 is 0. The summed E-state index contributed by atoms with van der Waals surface area (Å²) in [5, 5.41) is 7.16. The minimum atomic E-state index is 0.224. The van der Waals surface area contributed by atoms with Gasteiger partial charge in [0.1, 0.15) is 0 Å². The molecule has 1 rings (SSSR count). The van der Waals surface area contributed by atoms with Gasteiger partial charge in [-0.2, -0.15) is 0 Å². The molecule has 2 heteroatoms. The van der Waals surface area contributed by atoms with Crippen LogP contribution in [0.1, 0.15) is 16.7 Å². The second-order valence-corrected chi connectivity index (χ2v) is 3.13. The number of aryl methyl sites for hydroxylation is 2. The van der Waals surface area contributed by atoms with Crippen LogP contribution in [-0.2, 0) is 6.42 Å². The molecule has 0 aliphatic rings. The molecule has 12 heavy (non-hydrogen) atoms. The van der Waals surface area contributed by atoms with Gasteiger partial charge in [0.05, 0.1) is 5.84 Å². The largest absolute Gasteiger partial charge is 0.387 e. The van der Waals surface area contributed by atoms with Gasteiger partial charge in [0.2, 0.25) is 0 Å². The lowest BCUT2D eigenvalue weighted by atomic mass is 10.0. The first-order chi connectivity index (χ1) is 5.59. The van der Waals surface area contributed by atoms with Crippen molar-refractivity contribution < 1.29 is 0 Å². The molecular formula is C10H14N2. The van der Waals surface area contributed by atoms with E-state index in [9.17, 15) is 0 Å². The summed E-state index contributed by atoms with van der Waals surface area (Å²) in [4.78, 5) is 0. The van der Waals surface area contributed by atoms with Crippen LogP contribution in [0.25, 0.3) is 0 Å². The summed E-state index contributed by atoms with van der Waals surface area (Å²) >= 11 is 0. The molecule has 0 heterocycles. The molecule has 0 unspecified atom stereocenters. The number of hydrogen-bond donors (Lipinski definition) is 2. The Balaban J connectivity index is 2.93. The third-order valence-corrected chi connectivity index (χ3v) is 1.88. The van der Waals surface area contributed by atoms with Crippen molar-refractivity contribution in [3.63, 3.8) is 0 Å². The van der Waals surface area contributed by atoms with Crippen LogP contribution in [0.3, 0.4) is 0 Å². The smallest absolute Gasteiger partial charge is 0.0950 e. The average Bonchev–Trinajstić information content (AvgIpc) is 1.94. The van der Waals surface area contributed by atoms with Crippen LogP contribution in [0.2, 0.25) is 0 Å². The Labute approximate surface area is 72.9 Å². The van der Waals surface area contributed by atoms with Gasteiger partial charge in [0.15, 0.2) is 0 Å². The summed E-state index contributed by atoms with van der Waals surface area (Å²) in [5.41, 5.74) is 8.92. The first kappa shape index (κ1) is 8.78. The fraction of sp³-hybridized carbons (Fsp3) is 0.300. The van der Waals surface area contributed by atoms with Gasteiger partial charge in [0.25, 0.3) is 0 Å². The molecule has 0 atom stereocenters. The van der Waals surface area contributed by atoms with Crippen LogP contribution < -0.4 is 5.73 Å². The molecule has 0 fully saturated rings. The summed E-state index contributed by atoms with van der Waals surface area (Å²) in [6.45, 7) is 4.11. The second kappa shape index (κ2) is 3.39. The van der Waals surface area contributed by atoms with E-state index in [4.69, 9.17) is 11.1 Å². The number of amidine groups is 1. The Kier molecular flexibility index (Phi) is 2.48. The fourth-order valence-electron chi connectivity index (χ4n) is 1.25. The van der Waals surface area contributed by atoms with E-state index in [1.807, 2.05) is 19.1 Å². The fourth-order valence-corrected chi connectivity index (χ4v) is 1.25. The van der Waals surface area contributed by atoms with E-state index in [1.54, 1.807) is 0 Å². The van der Waals surface area contributed by atoms with E-state index in [0.717, 1.165) is 5.56 Å². The Morgan fingerprint density at radius 3 is 2.58 bits per heavy atom.